The predicted octanol–water partition coefficient (Wildman–Crippen LogP) is 0.608. The largest absolute Gasteiger partial charge is 0.381 e. The van der Waals surface area contributed by atoms with E-state index in [-0.39, 0.29) is 23.2 Å². The van der Waals surface area contributed by atoms with Crippen LogP contribution >= 0.6 is 0 Å². The molecule has 0 spiro atoms. The summed E-state index contributed by atoms with van der Waals surface area (Å²) in [4.78, 5) is 9.69. The van der Waals surface area contributed by atoms with Crippen LogP contribution in [0.3, 0.4) is 0 Å². The summed E-state index contributed by atoms with van der Waals surface area (Å²) in [6.45, 7) is 1.86. The van der Waals surface area contributed by atoms with E-state index in [0.717, 1.165) is 6.29 Å². The Morgan fingerprint density at radius 2 is 2.25 bits per heavy atom. The van der Waals surface area contributed by atoms with Crippen LogP contribution < -0.4 is 0 Å². The van der Waals surface area contributed by atoms with Crippen molar-refractivity contribution >= 4 is 6.29 Å². The molecule has 0 aliphatic carbocycles. The maximum absolute atomic E-state index is 9.69. The maximum atomic E-state index is 9.69. The van der Waals surface area contributed by atoms with Crippen molar-refractivity contribution in [1.29, 1.82) is 0 Å². The molecule has 0 fully saturated rings. The first kappa shape index (κ1) is 11.0. The van der Waals surface area contributed by atoms with Crippen LogP contribution in [0, 0.1) is 0 Å². The first-order chi connectivity index (χ1) is 3.31. The molecule has 0 aliphatic rings. The van der Waals surface area contributed by atoms with Crippen molar-refractivity contribution < 1.29 is 26.6 Å². The minimum atomic E-state index is 0. The molecule has 1 radical (unpaired) electrons. The average molecular weight is 166 g/mol. The zero-order chi connectivity index (χ0) is 5.70. The van der Waals surface area contributed by atoms with Crippen LogP contribution in [-0.4, -0.2) is 19.5 Å². The quantitative estimate of drug-likeness (QED) is 0.453. The van der Waals surface area contributed by atoms with E-state index in [1.165, 1.54) is 0 Å². The van der Waals surface area contributed by atoms with Gasteiger partial charge >= 0.3 is 0 Å². The first-order valence-corrected chi connectivity index (χ1v) is 2.27. The molecule has 1 atom stereocenters. The van der Waals surface area contributed by atoms with E-state index in [0.29, 0.717) is 6.42 Å². The smallest absolute Gasteiger partial charge is 0.122 e. The van der Waals surface area contributed by atoms with Crippen LogP contribution in [0.2, 0.25) is 0 Å². The summed E-state index contributed by atoms with van der Waals surface area (Å²) in [6.07, 6.45) is 1.43. The molecule has 0 N–H and O–H groups in total. The molecule has 0 aliphatic heterocycles. The number of carbonyl (C=O) groups is 1. The topological polar surface area (TPSA) is 26.3 Å². The van der Waals surface area contributed by atoms with E-state index < -0.39 is 0 Å². The normalized spacial score (nSPS) is 11.8. The Bertz CT molecular complexity index is 56.4. The van der Waals surface area contributed by atoms with Crippen molar-refractivity contribution in [1.82, 2.24) is 0 Å². The van der Waals surface area contributed by atoms with Gasteiger partial charge in [-0.3, -0.25) is 0 Å². The molecule has 8 heavy (non-hydrogen) atoms. The van der Waals surface area contributed by atoms with Crippen LogP contribution in [0.25, 0.3) is 0 Å². The molecule has 2 nitrogen and oxygen atoms in total. The second-order valence-electron chi connectivity index (χ2n) is 1.45. The van der Waals surface area contributed by atoms with Gasteiger partial charge < -0.3 is 9.53 Å². The number of hydrogen-bond acceptors (Lipinski definition) is 2. The zero-order valence-electron chi connectivity index (χ0n) is 4.98. The van der Waals surface area contributed by atoms with Crippen LogP contribution in [0.15, 0.2) is 0 Å². The molecule has 0 saturated heterocycles. The molecule has 0 aromatic rings. The van der Waals surface area contributed by atoms with Crippen molar-refractivity contribution in [2.45, 2.75) is 19.4 Å². The summed E-state index contributed by atoms with van der Waals surface area (Å²) in [7, 11) is 1.59. The van der Waals surface area contributed by atoms with Gasteiger partial charge in [0.05, 0.1) is 6.10 Å². The molecule has 0 bridgehead atoms. The van der Waals surface area contributed by atoms with Crippen molar-refractivity contribution in [3.05, 3.63) is 0 Å². The van der Waals surface area contributed by atoms with E-state index in [2.05, 4.69) is 0 Å². The van der Waals surface area contributed by atoms with Crippen LogP contribution in [-0.2, 0) is 26.6 Å². The van der Waals surface area contributed by atoms with Gasteiger partial charge in [-0.25, -0.2) is 0 Å². The van der Waals surface area contributed by atoms with E-state index in [4.69, 9.17) is 4.74 Å². The van der Waals surface area contributed by atoms with Gasteiger partial charge in [0, 0.05) is 30.6 Å². The second-order valence-corrected chi connectivity index (χ2v) is 1.45. The Morgan fingerprint density at radius 3 is 2.38 bits per heavy atom. The third-order valence-electron chi connectivity index (χ3n) is 0.831. The average Bonchev–Trinajstić information content (AvgIpc) is 1.68. The molecule has 0 amide bonds. The molecule has 0 aromatic carbocycles. The first-order valence-electron chi connectivity index (χ1n) is 2.27. The number of carbonyl (C=O) groups excluding carboxylic acids is 1. The van der Waals surface area contributed by atoms with Gasteiger partial charge in [-0.15, -0.1) is 0 Å². The predicted molar refractivity (Wildman–Crippen MR) is 27.2 cm³/mol. The summed E-state index contributed by atoms with van der Waals surface area (Å²) < 4.78 is 4.76. The van der Waals surface area contributed by atoms with Gasteiger partial charge in [0.25, 0.3) is 0 Å². The van der Waals surface area contributed by atoms with E-state index in [1.807, 2.05) is 6.92 Å². The maximum Gasteiger partial charge on any atom is 0.122 e. The summed E-state index contributed by atoms with van der Waals surface area (Å²) in [5.74, 6) is 0. The molecule has 1 unspecified atom stereocenters. The molecule has 0 rings (SSSR count). The summed E-state index contributed by atoms with van der Waals surface area (Å²) in [5.41, 5.74) is 0. The Morgan fingerprint density at radius 1 is 1.75 bits per heavy atom. The third kappa shape index (κ3) is 6.15. The summed E-state index contributed by atoms with van der Waals surface area (Å²) >= 11 is 0. The molecule has 3 heteroatoms. The number of aldehydes is 1. The second kappa shape index (κ2) is 7.15. The van der Waals surface area contributed by atoms with Crippen LogP contribution in [0.4, 0.5) is 0 Å². The molecular weight excluding hydrogens is 156 g/mol. The number of hydrogen-bond donors (Lipinski definition) is 0. The van der Waals surface area contributed by atoms with Crippen molar-refractivity contribution in [3.63, 3.8) is 0 Å². The SMILES string of the molecule is COC(C)CC=O.[Cu]. The fraction of sp³-hybridized carbons (Fsp3) is 0.800. The fourth-order valence-electron chi connectivity index (χ4n) is 0.232. The third-order valence-corrected chi connectivity index (χ3v) is 0.831. The minimum absolute atomic E-state index is 0. The van der Waals surface area contributed by atoms with Crippen molar-refractivity contribution in [3.8, 4) is 0 Å². The molecule has 0 saturated carbocycles. The Kier molecular flexibility index (Phi) is 9.84. The van der Waals surface area contributed by atoms with Crippen molar-refractivity contribution in [2.75, 3.05) is 7.11 Å². The van der Waals surface area contributed by atoms with E-state index >= 15 is 0 Å². The van der Waals surface area contributed by atoms with Crippen LogP contribution in [0.1, 0.15) is 13.3 Å². The number of methoxy groups -OCH3 is 1. The van der Waals surface area contributed by atoms with Crippen LogP contribution in [0.5, 0.6) is 0 Å². The minimum Gasteiger partial charge on any atom is -0.381 e. The molecular formula is C5H10CuO2. The van der Waals surface area contributed by atoms with Gasteiger partial charge in [0.2, 0.25) is 0 Å². The van der Waals surface area contributed by atoms with Gasteiger partial charge in [-0.1, -0.05) is 0 Å². The molecule has 0 heterocycles. The number of ether oxygens (including phenoxy) is 1. The Labute approximate surface area is 60.1 Å². The summed E-state index contributed by atoms with van der Waals surface area (Å²) in [6, 6.07) is 0. The monoisotopic (exact) mass is 165 g/mol. The number of rotatable bonds is 3. The van der Waals surface area contributed by atoms with E-state index in [1.54, 1.807) is 7.11 Å². The Hall–Kier alpha value is 0.149. The van der Waals surface area contributed by atoms with Gasteiger partial charge in [-0.2, -0.15) is 0 Å². The van der Waals surface area contributed by atoms with Gasteiger partial charge in [-0.05, 0) is 6.92 Å². The summed E-state index contributed by atoms with van der Waals surface area (Å²) in [5, 5.41) is 0. The standard InChI is InChI=1S/C5H10O2.Cu/c1-5(7-2)3-4-6;/h4-5H,3H2,1-2H3;. The van der Waals surface area contributed by atoms with Gasteiger partial charge in [0.1, 0.15) is 6.29 Å². The fourth-order valence-corrected chi connectivity index (χ4v) is 0.232. The molecule has 0 aromatic heterocycles. The van der Waals surface area contributed by atoms with Crippen molar-refractivity contribution in [2.24, 2.45) is 0 Å². The van der Waals surface area contributed by atoms with E-state index in [9.17, 15) is 4.79 Å². The van der Waals surface area contributed by atoms with Gasteiger partial charge in [0.15, 0.2) is 0 Å². The zero-order valence-corrected chi connectivity index (χ0v) is 5.92. The molecule has 53 valence electrons. The Balaban J connectivity index is 0.